The van der Waals surface area contributed by atoms with Gasteiger partial charge in [-0.1, -0.05) is 30.3 Å². The van der Waals surface area contributed by atoms with Crippen molar-refractivity contribution in [2.75, 3.05) is 24.2 Å². The molecule has 3 aromatic rings. The number of imide groups is 1. The fraction of sp³-hybridized carbons (Fsp3) is 0.222. The molecular weight excluding hydrogens is 448 g/mol. The van der Waals surface area contributed by atoms with Crippen LogP contribution in [0, 0.1) is 12.8 Å². The van der Waals surface area contributed by atoms with E-state index in [2.05, 4.69) is 0 Å². The number of para-hydroxylation sites is 1. The van der Waals surface area contributed by atoms with Crippen LogP contribution in [0.2, 0.25) is 0 Å². The lowest BCUT2D eigenvalue weighted by atomic mass is 9.90. The molecule has 178 valence electrons. The lowest BCUT2D eigenvalue weighted by Crippen LogP contribution is -2.37. The van der Waals surface area contributed by atoms with Crippen LogP contribution in [0.3, 0.4) is 0 Å². The zero-order valence-corrected chi connectivity index (χ0v) is 19.5. The molecule has 0 bridgehead atoms. The highest BCUT2D eigenvalue weighted by Gasteiger charge is 2.60. The van der Waals surface area contributed by atoms with Crippen molar-refractivity contribution < 1.29 is 28.7 Å². The van der Waals surface area contributed by atoms with Gasteiger partial charge in [0.15, 0.2) is 6.10 Å². The predicted molar refractivity (Wildman–Crippen MR) is 128 cm³/mol. The first-order chi connectivity index (χ1) is 16.9. The van der Waals surface area contributed by atoms with E-state index in [1.165, 1.54) is 12.0 Å². The zero-order valence-electron chi connectivity index (χ0n) is 19.5. The summed E-state index contributed by atoms with van der Waals surface area (Å²) in [4.78, 5) is 46.5. The van der Waals surface area contributed by atoms with Crippen molar-refractivity contribution in [1.82, 2.24) is 0 Å². The highest BCUT2D eigenvalue weighted by Crippen LogP contribution is 2.48. The van der Waals surface area contributed by atoms with E-state index in [4.69, 9.17) is 14.3 Å². The Hall–Kier alpha value is -4.17. The Labute approximate surface area is 202 Å². The number of hydroxylamine groups is 1. The Balaban J connectivity index is 1.56. The smallest absolute Gasteiger partial charge is 0.337 e. The molecule has 35 heavy (non-hydrogen) atoms. The molecule has 2 fully saturated rings. The number of ether oxygens (including phenoxy) is 2. The SMILES string of the molecule is COC(=O)c1ccc([C@@H]2[C@@H]3C(=O)N(c4ccc(OC)cc4)C(=O)[C@H]3ON2c2ccccc2C)cc1. The number of hydrogen-bond acceptors (Lipinski definition) is 7. The van der Waals surface area contributed by atoms with Crippen LogP contribution in [0.4, 0.5) is 11.4 Å². The number of carbonyl (C=O) groups is 3. The lowest BCUT2D eigenvalue weighted by molar-refractivity contribution is -0.126. The van der Waals surface area contributed by atoms with Crippen molar-refractivity contribution in [2.45, 2.75) is 19.1 Å². The summed E-state index contributed by atoms with van der Waals surface area (Å²) in [7, 11) is 2.87. The minimum atomic E-state index is -0.977. The molecule has 0 radical (unpaired) electrons. The molecule has 2 heterocycles. The van der Waals surface area contributed by atoms with Crippen molar-refractivity contribution in [3.05, 3.63) is 89.5 Å². The summed E-state index contributed by atoms with van der Waals surface area (Å²) in [6, 6.07) is 20.6. The molecule has 2 saturated heterocycles. The number of methoxy groups -OCH3 is 2. The second kappa shape index (κ2) is 8.88. The number of amides is 2. The largest absolute Gasteiger partial charge is 0.497 e. The van der Waals surface area contributed by atoms with Crippen LogP contribution < -0.4 is 14.7 Å². The Kier molecular flexibility index (Phi) is 5.74. The Morgan fingerprint density at radius 1 is 0.886 bits per heavy atom. The van der Waals surface area contributed by atoms with Gasteiger partial charge in [-0.3, -0.25) is 14.4 Å². The number of rotatable bonds is 5. The van der Waals surface area contributed by atoms with Crippen molar-refractivity contribution >= 4 is 29.2 Å². The summed E-state index contributed by atoms with van der Waals surface area (Å²) < 4.78 is 9.99. The van der Waals surface area contributed by atoms with Gasteiger partial charge in [-0.15, -0.1) is 0 Å². The summed E-state index contributed by atoms with van der Waals surface area (Å²) in [5, 5.41) is 1.65. The molecular formula is C27H24N2O6. The first-order valence-corrected chi connectivity index (χ1v) is 11.2. The standard InChI is InChI=1S/C27H24N2O6/c1-16-6-4-5-7-21(16)29-23(17-8-10-18(11-9-17)27(32)34-3)22-24(35-29)26(31)28(25(22)30)19-12-14-20(33-2)15-13-19/h4-15,22-24H,1-3H3/t22-,23+,24-/m0/s1. The minimum absolute atomic E-state index is 0.344. The van der Waals surface area contributed by atoms with Crippen molar-refractivity contribution in [1.29, 1.82) is 0 Å². The van der Waals surface area contributed by atoms with E-state index >= 15 is 0 Å². The van der Waals surface area contributed by atoms with Crippen molar-refractivity contribution in [3.8, 4) is 5.75 Å². The Morgan fingerprint density at radius 2 is 1.57 bits per heavy atom. The van der Waals surface area contributed by atoms with Crippen LogP contribution >= 0.6 is 0 Å². The minimum Gasteiger partial charge on any atom is -0.497 e. The lowest BCUT2D eigenvalue weighted by Gasteiger charge is -2.29. The highest BCUT2D eigenvalue weighted by molar-refractivity contribution is 6.24. The quantitative estimate of drug-likeness (QED) is 0.412. The molecule has 8 nitrogen and oxygen atoms in total. The number of esters is 1. The van der Waals surface area contributed by atoms with Crippen LogP contribution in [-0.2, 0) is 19.2 Å². The molecule has 0 spiro atoms. The van der Waals surface area contributed by atoms with E-state index in [0.29, 0.717) is 17.0 Å². The summed E-state index contributed by atoms with van der Waals surface area (Å²) in [6.45, 7) is 1.94. The molecule has 2 aliphatic heterocycles. The van der Waals surface area contributed by atoms with E-state index < -0.39 is 29.9 Å². The van der Waals surface area contributed by atoms with Crippen LogP contribution in [0.1, 0.15) is 27.5 Å². The number of benzene rings is 3. The summed E-state index contributed by atoms with van der Waals surface area (Å²) in [5.41, 5.74) is 3.30. The van der Waals surface area contributed by atoms with Gasteiger partial charge in [0, 0.05) is 0 Å². The highest BCUT2D eigenvalue weighted by atomic mass is 16.7. The van der Waals surface area contributed by atoms with E-state index in [9.17, 15) is 14.4 Å². The summed E-state index contributed by atoms with van der Waals surface area (Å²) in [6.07, 6.45) is -0.977. The normalized spacial score (nSPS) is 21.3. The molecule has 2 aliphatic rings. The van der Waals surface area contributed by atoms with Gasteiger partial charge in [-0.05, 0) is 60.5 Å². The van der Waals surface area contributed by atoms with Gasteiger partial charge < -0.3 is 9.47 Å². The van der Waals surface area contributed by atoms with Gasteiger partial charge in [0.2, 0.25) is 5.91 Å². The summed E-state index contributed by atoms with van der Waals surface area (Å²) in [5.74, 6) is -1.36. The maximum absolute atomic E-state index is 13.7. The maximum Gasteiger partial charge on any atom is 0.337 e. The number of aryl methyl sites for hydroxylation is 1. The average molecular weight is 472 g/mol. The van der Waals surface area contributed by atoms with E-state index in [-0.39, 0.29) is 5.91 Å². The molecule has 0 aliphatic carbocycles. The third-order valence-electron chi connectivity index (χ3n) is 6.47. The molecule has 3 atom stereocenters. The molecule has 3 aromatic carbocycles. The second-order valence-electron chi connectivity index (χ2n) is 8.43. The molecule has 0 aromatic heterocycles. The Morgan fingerprint density at radius 3 is 2.20 bits per heavy atom. The zero-order chi connectivity index (χ0) is 24.7. The third kappa shape index (κ3) is 3.72. The monoisotopic (exact) mass is 472 g/mol. The van der Waals surface area contributed by atoms with Crippen LogP contribution in [0.15, 0.2) is 72.8 Å². The van der Waals surface area contributed by atoms with E-state index in [1.54, 1.807) is 60.7 Å². The van der Waals surface area contributed by atoms with E-state index in [1.807, 2.05) is 31.2 Å². The van der Waals surface area contributed by atoms with Crippen molar-refractivity contribution in [2.24, 2.45) is 5.92 Å². The van der Waals surface area contributed by atoms with Gasteiger partial charge in [0.25, 0.3) is 5.91 Å². The van der Waals surface area contributed by atoms with Gasteiger partial charge in [0.1, 0.15) is 11.7 Å². The summed E-state index contributed by atoms with van der Waals surface area (Å²) >= 11 is 0. The number of hydrogen-bond donors (Lipinski definition) is 0. The predicted octanol–water partition coefficient (Wildman–Crippen LogP) is 3.84. The molecule has 5 rings (SSSR count). The van der Waals surface area contributed by atoms with Gasteiger partial charge in [0.05, 0.1) is 37.2 Å². The maximum atomic E-state index is 13.7. The number of carbonyl (C=O) groups excluding carboxylic acids is 3. The van der Waals surface area contributed by atoms with Gasteiger partial charge in [-0.25, -0.2) is 14.8 Å². The van der Waals surface area contributed by atoms with Crippen LogP contribution in [-0.4, -0.2) is 38.1 Å². The molecule has 2 amide bonds. The number of anilines is 2. The fourth-order valence-corrected chi connectivity index (χ4v) is 4.69. The Bertz CT molecular complexity index is 1290. The van der Waals surface area contributed by atoms with Crippen LogP contribution in [0.25, 0.3) is 0 Å². The van der Waals surface area contributed by atoms with Crippen LogP contribution in [0.5, 0.6) is 5.75 Å². The first-order valence-electron chi connectivity index (χ1n) is 11.2. The van der Waals surface area contributed by atoms with E-state index in [0.717, 1.165) is 16.8 Å². The first kappa shape index (κ1) is 22.6. The topological polar surface area (TPSA) is 85.4 Å². The number of fused-ring (bicyclic) bond motifs is 1. The fourth-order valence-electron chi connectivity index (χ4n) is 4.69. The molecule has 0 N–H and O–H groups in total. The average Bonchev–Trinajstić information content (AvgIpc) is 3.39. The van der Waals surface area contributed by atoms with Gasteiger partial charge >= 0.3 is 5.97 Å². The molecule has 0 unspecified atom stereocenters. The molecule has 8 heteroatoms. The van der Waals surface area contributed by atoms with Gasteiger partial charge in [-0.2, -0.15) is 0 Å². The third-order valence-corrected chi connectivity index (χ3v) is 6.47. The van der Waals surface area contributed by atoms with Crippen molar-refractivity contribution in [3.63, 3.8) is 0 Å². The second-order valence-corrected chi connectivity index (χ2v) is 8.43. The number of nitrogens with zero attached hydrogens (tertiary/aromatic N) is 2. The molecule has 0 saturated carbocycles.